The Kier molecular flexibility index (Phi) is 3.15. The van der Waals surface area contributed by atoms with Crippen LogP contribution in [0.25, 0.3) is 0 Å². The molecule has 0 unspecified atom stereocenters. The molecular weight excluding hydrogens is 238 g/mol. The minimum atomic E-state index is -0.296. The van der Waals surface area contributed by atoms with Crippen LogP contribution in [-0.2, 0) is 6.54 Å². The van der Waals surface area contributed by atoms with Gasteiger partial charge in [0.2, 0.25) is 0 Å². The molecule has 5 heteroatoms. The van der Waals surface area contributed by atoms with E-state index < -0.39 is 0 Å². The van der Waals surface area contributed by atoms with Crippen LogP contribution in [0.15, 0.2) is 35.4 Å². The van der Waals surface area contributed by atoms with Crippen LogP contribution in [-0.4, -0.2) is 9.55 Å². The summed E-state index contributed by atoms with van der Waals surface area (Å²) in [5, 5.41) is 0.600. The second-order valence-electron chi connectivity index (χ2n) is 3.88. The van der Waals surface area contributed by atoms with Crippen LogP contribution in [0.4, 0.5) is 5.69 Å². The molecule has 2 aromatic rings. The van der Waals surface area contributed by atoms with Gasteiger partial charge in [-0.15, -0.1) is 0 Å². The van der Waals surface area contributed by atoms with Crippen molar-refractivity contribution in [1.82, 2.24) is 9.55 Å². The van der Waals surface area contributed by atoms with Crippen LogP contribution in [0.2, 0.25) is 5.02 Å². The van der Waals surface area contributed by atoms with Crippen LogP contribution >= 0.6 is 11.6 Å². The van der Waals surface area contributed by atoms with Crippen LogP contribution < -0.4 is 11.4 Å². The van der Waals surface area contributed by atoms with Crippen molar-refractivity contribution in [2.75, 3.05) is 5.73 Å². The van der Waals surface area contributed by atoms with Crippen molar-refractivity contribution in [3.63, 3.8) is 0 Å². The number of halogens is 1. The molecule has 0 aliphatic carbocycles. The summed E-state index contributed by atoms with van der Waals surface area (Å²) in [5.41, 5.74) is 7.88. The number of hydrogen-bond acceptors (Lipinski definition) is 3. The first-order valence-corrected chi connectivity index (χ1v) is 5.51. The highest BCUT2D eigenvalue weighted by Gasteiger charge is 2.03. The van der Waals surface area contributed by atoms with E-state index in [0.29, 0.717) is 17.3 Å². The second kappa shape index (κ2) is 4.59. The fourth-order valence-corrected chi connectivity index (χ4v) is 1.77. The van der Waals surface area contributed by atoms with Gasteiger partial charge in [0.15, 0.2) is 0 Å². The number of aryl methyl sites for hydroxylation is 1. The van der Waals surface area contributed by atoms with Crippen molar-refractivity contribution in [3.8, 4) is 0 Å². The molecule has 0 saturated heterocycles. The van der Waals surface area contributed by atoms with E-state index in [2.05, 4.69) is 4.98 Å². The van der Waals surface area contributed by atoms with Crippen LogP contribution in [0.5, 0.6) is 0 Å². The van der Waals surface area contributed by atoms with Crippen molar-refractivity contribution in [1.29, 1.82) is 0 Å². The summed E-state index contributed by atoms with van der Waals surface area (Å²) in [6.45, 7) is 2.25. The predicted molar refractivity (Wildman–Crippen MR) is 68.2 cm³/mol. The molecule has 0 aliphatic heterocycles. The Balaban J connectivity index is 2.41. The van der Waals surface area contributed by atoms with E-state index in [1.54, 1.807) is 30.6 Å². The number of nitrogens with zero attached hydrogens (tertiary/aromatic N) is 2. The average Bonchev–Trinajstić information content (AvgIpc) is 2.28. The van der Waals surface area contributed by atoms with Gasteiger partial charge in [-0.2, -0.15) is 0 Å². The van der Waals surface area contributed by atoms with Gasteiger partial charge in [-0.3, -0.25) is 4.57 Å². The Hall–Kier alpha value is -1.81. The van der Waals surface area contributed by atoms with Gasteiger partial charge in [-0.25, -0.2) is 9.78 Å². The van der Waals surface area contributed by atoms with Gasteiger partial charge in [0, 0.05) is 23.1 Å². The Morgan fingerprint density at radius 3 is 3.00 bits per heavy atom. The van der Waals surface area contributed by atoms with Crippen molar-refractivity contribution < 1.29 is 0 Å². The Morgan fingerprint density at radius 2 is 2.24 bits per heavy atom. The number of aromatic nitrogens is 2. The molecule has 1 heterocycles. The van der Waals surface area contributed by atoms with Gasteiger partial charge in [-0.05, 0) is 36.2 Å². The molecule has 2 N–H and O–H groups in total. The maximum absolute atomic E-state index is 11.6. The fourth-order valence-electron chi connectivity index (χ4n) is 1.57. The predicted octanol–water partition coefficient (Wildman–Crippen LogP) is 1.84. The Bertz CT molecular complexity index is 607. The SMILES string of the molecule is Cc1cnc(=O)n(Cc2cc(Cl)ccc2N)c1. The number of nitrogens with two attached hydrogens (primary N) is 1. The maximum Gasteiger partial charge on any atom is 0.347 e. The molecule has 1 aromatic carbocycles. The van der Waals surface area contributed by atoms with E-state index in [1.807, 2.05) is 6.92 Å². The molecular formula is C12H12ClN3O. The third kappa shape index (κ3) is 2.65. The summed E-state index contributed by atoms with van der Waals surface area (Å²) < 4.78 is 1.51. The van der Waals surface area contributed by atoms with Crippen molar-refractivity contribution >= 4 is 17.3 Å². The first-order chi connectivity index (χ1) is 8.06. The fraction of sp³-hybridized carbons (Fsp3) is 0.167. The van der Waals surface area contributed by atoms with E-state index in [4.69, 9.17) is 17.3 Å². The molecule has 17 heavy (non-hydrogen) atoms. The number of hydrogen-bond donors (Lipinski definition) is 1. The van der Waals surface area contributed by atoms with E-state index in [-0.39, 0.29) is 5.69 Å². The minimum absolute atomic E-state index is 0.296. The third-order valence-corrected chi connectivity index (χ3v) is 2.66. The molecule has 1 aromatic heterocycles. The maximum atomic E-state index is 11.6. The number of rotatable bonds is 2. The first-order valence-electron chi connectivity index (χ1n) is 5.13. The lowest BCUT2D eigenvalue weighted by molar-refractivity contribution is 0.722. The largest absolute Gasteiger partial charge is 0.398 e. The number of anilines is 1. The first kappa shape index (κ1) is 11.7. The summed E-state index contributed by atoms with van der Waals surface area (Å²) in [5.74, 6) is 0. The van der Waals surface area contributed by atoms with Gasteiger partial charge in [0.05, 0.1) is 6.54 Å². The lowest BCUT2D eigenvalue weighted by atomic mass is 10.2. The zero-order valence-corrected chi connectivity index (χ0v) is 10.1. The summed E-state index contributed by atoms with van der Waals surface area (Å²) in [6.07, 6.45) is 3.29. The van der Waals surface area contributed by atoms with E-state index in [1.165, 1.54) is 4.57 Å². The van der Waals surface area contributed by atoms with Gasteiger partial charge in [0.25, 0.3) is 0 Å². The average molecular weight is 250 g/mol. The monoisotopic (exact) mass is 249 g/mol. The molecule has 0 fully saturated rings. The highest BCUT2D eigenvalue weighted by atomic mass is 35.5. The molecule has 0 bridgehead atoms. The van der Waals surface area contributed by atoms with Crippen molar-refractivity contribution in [2.24, 2.45) is 0 Å². The number of nitrogen functional groups attached to an aromatic ring is 1. The van der Waals surface area contributed by atoms with Gasteiger partial charge >= 0.3 is 5.69 Å². The van der Waals surface area contributed by atoms with Crippen LogP contribution in [0.1, 0.15) is 11.1 Å². The zero-order chi connectivity index (χ0) is 12.4. The van der Waals surface area contributed by atoms with Crippen LogP contribution in [0, 0.1) is 6.92 Å². The van der Waals surface area contributed by atoms with Crippen molar-refractivity contribution in [2.45, 2.75) is 13.5 Å². The topological polar surface area (TPSA) is 60.9 Å². The van der Waals surface area contributed by atoms with E-state index in [9.17, 15) is 4.79 Å². The summed E-state index contributed by atoms with van der Waals surface area (Å²) >= 11 is 5.90. The van der Waals surface area contributed by atoms with Gasteiger partial charge in [-0.1, -0.05) is 11.6 Å². The third-order valence-electron chi connectivity index (χ3n) is 2.43. The zero-order valence-electron chi connectivity index (χ0n) is 9.35. The molecule has 88 valence electrons. The van der Waals surface area contributed by atoms with E-state index in [0.717, 1.165) is 11.1 Å². The molecule has 0 saturated carbocycles. The quantitative estimate of drug-likeness (QED) is 0.826. The highest BCUT2D eigenvalue weighted by molar-refractivity contribution is 6.30. The normalized spacial score (nSPS) is 10.5. The molecule has 0 spiro atoms. The minimum Gasteiger partial charge on any atom is -0.398 e. The number of benzene rings is 1. The summed E-state index contributed by atoms with van der Waals surface area (Å²) in [6, 6.07) is 5.20. The Labute approximate surface area is 104 Å². The van der Waals surface area contributed by atoms with Crippen LogP contribution in [0.3, 0.4) is 0 Å². The molecule has 0 atom stereocenters. The second-order valence-corrected chi connectivity index (χ2v) is 4.32. The van der Waals surface area contributed by atoms with Crippen molar-refractivity contribution in [3.05, 3.63) is 57.2 Å². The molecule has 2 rings (SSSR count). The Morgan fingerprint density at radius 1 is 1.47 bits per heavy atom. The summed E-state index contributed by atoms with van der Waals surface area (Å²) in [4.78, 5) is 15.3. The standard InChI is InChI=1S/C12H12ClN3O/c1-8-5-15-12(17)16(6-8)7-9-4-10(13)2-3-11(9)14/h2-6H,7,14H2,1H3. The molecule has 0 amide bonds. The smallest absolute Gasteiger partial charge is 0.347 e. The highest BCUT2D eigenvalue weighted by Crippen LogP contribution is 2.18. The molecule has 0 radical (unpaired) electrons. The van der Waals surface area contributed by atoms with Gasteiger partial charge in [0.1, 0.15) is 0 Å². The van der Waals surface area contributed by atoms with Gasteiger partial charge < -0.3 is 5.73 Å². The van der Waals surface area contributed by atoms with E-state index >= 15 is 0 Å². The molecule has 0 aliphatic rings. The lowest BCUT2D eigenvalue weighted by Gasteiger charge is -2.08. The summed E-state index contributed by atoms with van der Waals surface area (Å²) in [7, 11) is 0. The lowest BCUT2D eigenvalue weighted by Crippen LogP contribution is -2.23. The molecule has 4 nitrogen and oxygen atoms in total.